The minimum Gasteiger partial charge on any atom is -0.342 e. The lowest BCUT2D eigenvalue weighted by molar-refractivity contribution is -0.138. The zero-order valence-corrected chi connectivity index (χ0v) is 19.6. The fourth-order valence-electron chi connectivity index (χ4n) is 5.30. The van der Waals surface area contributed by atoms with Crippen molar-refractivity contribution in [1.29, 1.82) is 0 Å². The molecule has 2 aromatic carbocycles. The van der Waals surface area contributed by atoms with E-state index in [-0.39, 0.29) is 5.92 Å². The van der Waals surface area contributed by atoms with Gasteiger partial charge >= 0.3 is 0 Å². The van der Waals surface area contributed by atoms with E-state index < -0.39 is 0 Å². The topological polar surface area (TPSA) is 65.1 Å². The van der Waals surface area contributed by atoms with Crippen LogP contribution < -0.4 is 0 Å². The molecular weight excluding hydrogens is 430 g/mol. The predicted octanol–water partition coefficient (Wildman–Crippen LogP) is 4.79. The van der Waals surface area contributed by atoms with E-state index in [1.807, 2.05) is 29.5 Å². The van der Waals surface area contributed by atoms with Crippen LogP contribution in [0.5, 0.6) is 0 Å². The van der Waals surface area contributed by atoms with E-state index in [0.717, 1.165) is 80.8 Å². The molecule has 33 heavy (non-hydrogen) atoms. The van der Waals surface area contributed by atoms with Crippen LogP contribution in [0.25, 0.3) is 21.3 Å². The summed E-state index contributed by atoms with van der Waals surface area (Å²) in [5, 5.41) is 1.24. The predicted molar refractivity (Wildman–Crippen MR) is 132 cm³/mol. The van der Waals surface area contributed by atoms with Gasteiger partial charge in [-0.2, -0.15) is 0 Å². The first-order valence-electron chi connectivity index (χ1n) is 12.0. The number of H-pyrrole nitrogens is 1. The van der Waals surface area contributed by atoms with Gasteiger partial charge in [-0.15, -0.1) is 11.3 Å². The number of aromatic nitrogens is 3. The third kappa shape index (κ3) is 4.27. The minimum absolute atomic E-state index is 0.163. The lowest BCUT2D eigenvalue weighted by Crippen LogP contribution is -2.45. The number of benzene rings is 2. The van der Waals surface area contributed by atoms with E-state index in [0.29, 0.717) is 11.8 Å². The molecule has 2 saturated heterocycles. The lowest BCUT2D eigenvalue weighted by Gasteiger charge is -2.36. The van der Waals surface area contributed by atoms with Crippen LogP contribution >= 0.6 is 11.3 Å². The maximum Gasteiger partial charge on any atom is 0.225 e. The van der Waals surface area contributed by atoms with E-state index in [1.54, 1.807) is 0 Å². The second-order valence-electron chi connectivity index (χ2n) is 9.37. The number of hydrogen-bond donors (Lipinski definition) is 1. The van der Waals surface area contributed by atoms with E-state index in [9.17, 15) is 4.79 Å². The number of likely N-dealkylation sites (tertiary alicyclic amines) is 2. The number of amides is 1. The lowest BCUT2D eigenvalue weighted by atomic mass is 9.92. The number of carbonyl (C=O) groups is 1. The van der Waals surface area contributed by atoms with Gasteiger partial charge in [0.2, 0.25) is 5.91 Å². The Balaban J connectivity index is 1.01. The number of thiazole rings is 1. The summed E-state index contributed by atoms with van der Waals surface area (Å²) in [5.41, 5.74) is 3.21. The molecule has 0 radical (unpaired) electrons. The van der Waals surface area contributed by atoms with Crippen LogP contribution in [0.15, 0.2) is 48.5 Å². The Morgan fingerprint density at radius 3 is 2.39 bits per heavy atom. The Kier molecular flexibility index (Phi) is 5.60. The third-order valence-corrected chi connectivity index (χ3v) is 8.41. The molecule has 170 valence electrons. The molecule has 0 bridgehead atoms. The average molecular weight is 460 g/mol. The van der Waals surface area contributed by atoms with Crippen LogP contribution in [0.1, 0.15) is 42.4 Å². The van der Waals surface area contributed by atoms with E-state index >= 15 is 0 Å². The molecule has 0 spiro atoms. The van der Waals surface area contributed by atoms with Crippen molar-refractivity contribution >= 4 is 38.5 Å². The maximum atomic E-state index is 13.2. The van der Waals surface area contributed by atoms with Crippen LogP contribution in [0.3, 0.4) is 0 Å². The van der Waals surface area contributed by atoms with Crippen LogP contribution in [0.2, 0.25) is 0 Å². The molecular formula is C26H29N5OS. The van der Waals surface area contributed by atoms with Crippen molar-refractivity contribution in [2.75, 3.05) is 26.2 Å². The number of nitrogens with one attached hydrogen (secondary N) is 1. The first-order chi connectivity index (χ1) is 16.2. The van der Waals surface area contributed by atoms with Crippen LogP contribution in [0.4, 0.5) is 0 Å². The minimum atomic E-state index is 0.163. The number of fused-ring (bicyclic) bond motifs is 2. The largest absolute Gasteiger partial charge is 0.342 e. The molecule has 4 heterocycles. The third-order valence-electron chi connectivity index (χ3n) is 7.21. The van der Waals surface area contributed by atoms with Crippen molar-refractivity contribution < 1.29 is 4.79 Å². The summed E-state index contributed by atoms with van der Waals surface area (Å²) in [7, 11) is 0. The van der Waals surface area contributed by atoms with Crippen molar-refractivity contribution in [3.05, 3.63) is 59.4 Å². The molecule has 2 aliphatic heterocycles. The average Bonchev–Trinajstić information content (AvgIpc) is 3.48. The number of para-hydroxylation sites is 3. The maximum absolute atomic E-state index is 13.2. The van der Waals surface area contributed by atoms with E-state index in [1.165, 1.54) is 9.71 Å². The Morgan fingerprint density at radius 2 is 1.64 bits per heavy atom. The molecule has 4 aromatic rings. The molecule has 2 fully saturated rings. The van der Waals surface area contributed by atoms with Gasteiger partial charge in [0, 0.05) is 24.9 Å². The summed E-state index contributed by atoms with van der Waals surface area (Å²) in [4.78, 5) is 30.7. The summed E-state index contributed by atoms with van der Waals surface area (Å²) < 4.78 is 1.26. The molecule has 0 aliphatic carbocycles. The number of piperidine rings is 2. The van der Waals surface area contributed by atoms with Crippen molar-refractivity contribution in [3.63, 3.8) is 0 Å². The number of rotatable bonds is 4. The van der Waals surface area contributed by atoms with Gasteiger partial charge in [-0.1, -0.05) is 24.3 Å². The molecule has 6 nitrogen and oxygen atoms in total. The van der Waals surface area contributed by atoms with Gasteiger partial charge in [-0.05, 0) is 63.0 Å². The molecule has 6 rings (SSSR count). The summed E-state index contributed by atoms with van der Waals surface area (Å²) in [6.45, 7) is 4.45. The summed E-state index contributed by atoms with van der Waals surface area (Å²) in [6, 6.07) is 16.5. The molecule has 1 N–H and O–H groups in total. The van der Waals surface area contributed by atoms with Gasteiger partial charge in [-0.25, -0.2) is 9.97 Å². The van der Waals surface area contributed by atoms with Gasteiger partial charge in [0.25, 0.3) is 0 Å². The molecule has 0 unspecified atom stereocenters. The summed E-state index contributed by atoms with van der Waals surface area (Å²) >= 11 is 1.82. The fourth-order valence-corrected chi connectivity index (χ4v) is 6.44. The summed E-state index contributed by atoms with van der Waals surface area (Å²) in [5.74, 6) is 2.02. The fraction of sp³-hybridized carbons (Fsp3) is 0.423. The number of imidazole rings is 1. The molecule has 0 atom stereocenters. The normalized spacial score (nSPS) is 19.0. The van der Waals surface area contributed by atoms with Crippen molar-refractivity contribution in [2.24, 2.45) is 5.92 Å². The van der Waals surface area contributed by atoms with Crippen LogP contribution in [0, 0.1) is 5.92 Å². The highest BCUT2D eigenvalue weighted by molar-refractivity contribution is 7.18. The SMILES string of the molecule is O=C(C1CCN(Cc2nc3ccccc3[nH]2)CC1)N1CCC(c2nc3ccccc3s2)CC1. The molecule has 2 aliphatic rings. The summed E-state index contributed by atoms with van der Waals surface area (Å²) in [6.07, 6.45) is 3.93. The van der Waals surface area contributed by atoms with Crippen LogP contribution in [-0.4, -0.2) is 56.8 Å². The quantitative estimate of drug-likeness (QED) is 0.477. The Bertz CT molecular complexity index is 1200. The van der Waals surface area contributed by atoms with Gasteiger partial charge < -0.3 is 9.88 Å². The molecule has 0 saturated carbocycles. The monoisotopic (exact) mass is 459 g/mol. The highest BCUT2D eigenvalue weighted by Crippen LogP contribution is 2.34. The Hall–Kier alpha value is -2.77. The number of hydrogen-bond acceptors (Lipinski definition) is 5. The highest BCUT2D eigenvalue weighted by atomic mass is 32.1. The van der Waals surface area contributed by atoms with Crippen molar-refractivity contribution in [2.45, 2.75) is 38.1 Å². The second kappa shape index (κ2) is 8.88. The molecule has 7 heteroatoms. The van der Waals surface area contributed by atoms with E-state index in [4.69, 9.17) is 9.97 Å². The zero-order valence-electron chi connectivity index (χ0n) is 18.7. The Morgan fingerprint density at radius 1 is 0.909 bits per heavy atom. The van der Waals surface area contributed by atoms with Gasteiger partial charge in [0.05, 0.1) is 32.8 Å². The second-order valence-corrected chi connectivity index (χ2v) is 10.4. The van der Waals surface area contributed by atoms with Crippen molar-refractivity contribution in [1.82, 2.24) is 24.8 Å². The standard InChI is InChI=1S/C26H29N5OS/c32-26(31-15-11-18(12-16-31)25-29-22-7-3-4-8-23(22)33-25)19-9-13-30(14-10-19)17-24-27-20-5-1-2-6-21(20)28-24/h1-8,18-19H,9-17H2,(H,27,28). The molecule has 2 aromatic heterocycles. The highest BCUT2D eigenvalue weighted by Gasteiger charge is 2.32. The number of carbonyl (C=O) groups excluding carboxylic acids is 1. The van der Waals surface area contributed by atoms with E-state index in [2.05, 4.69) is 45.1 Å². The molecule has 1 amide bonds. The van der Waals surface area contributed by atoms with Gasteiger partial charge in [0.1, 0.15) is 5.82 Å². The first-order valence-corrected chi connectivity index (χ1v) is 12.8. The zero-order chi connectivity index (χ0) is 22.2. The number of aromatic amines is 1. The van der Waals surface area contributed by atoms with Gasteiger partial charge in [0.15, 0.2) is 0 Å². The smallest absolute Gasteiger partial charge is 0.225 e. The van der Waals surface area contributed by atoms with Crippen LogP contribution in [-0.2, 0) is 11.3 Å². The first kappa shape index (κ1) is 20.8. The van der Waals surface area contributed by atoms with Gasteiger partial charge in [-0.3, -0.25) is 9.69 Å². The Labute approximate surface area is 197 Å². The van der Waals surface area contributed by atoms with Crippen molar-refractivity contribution in [3.8, 4) is 0 Å². The number of nitrogens with zero attached hydrogens (tertiary/aromatic N) is 4.